The van der Waals surface area contributed by atoms with Gasteiger partial charge in [-0.25, -0.2) is 0 Å². The normalized spacial score (nSPS) is 10.9. The van der Waals surface area contributed by atoms with E-state index < -0.39 is 0 Å². The van der Waals surface area contributed by atoms with Crippen molar-refractivity contribution in [3.63, 3.8) is 0 Å². The molecule has 0 aliphatic heterocycles. The summed E-state index contributed by atoms with van der Waals surface area (Å²) in [5.41, 5.74) is 0.701. The fourth-order valence-electron chi connectivity index (χ4n) is 1.04. The Kier molecular flexibility index (Phi) is 1.45. The molecule has 0 saturated carbocycles. The highest BCUT2D eigenvalue weighted by Gasteiger charge is 2.04. The summed E-state index contributed by atoms with van der Waals surface area (Å²) in [5.74, 6) is 0.653. The van der Waals surface area contributed by atoms with Crippen molar-refractivity contribution in [3.05, 3.63) is 30.4 Å². The van der Waals surface area contributed by atoms with E-state index in [1.54, 1.807) is 18.4 Å². The number of hydrogen-bond acceptors (Lipinski definition) is 3. The van der Waals surface area contributed by atoms with Crippen LogP contribution in [0, 0.1) is 11.3 Å². The van der Waals surface area contributed by atoms with Gasteiger partial charge < -0.3 is 8.83 Å². The minimum absolute atomic E-state index is 0.653. The van der Waals surface area contributed by atoms with E-state index in [1.807, 2.05) is 6.07 Å². The Morgan fingerprint density at radius 3 is 3.17 bits per heavy atom. The van der Waals surface area contributed by atoms with Gasteiger partial charge in [-0.15, -0.1) is 0 Å². The van der Waals surface area contributed by atoms with E-state index in [0.29, 0.717) is 11.3 Å². The van der Waals surface area contributed by atoms with Gasteiger partial charge in [0.1, 0.15) is 12.0 Å². The molecule has 0 unspecified atom stereocenters. The number of nitriles is 1. The van der Waals surface area contributed by atoms with Crippen molar-refractivity contribution in [2.75, 3.05) is 0 Å². The van der Waals surface area contributed by atoms with Crippen LogP contribution in [0.15, 0.2) is 33.5 Å². The molecule has 0 saturated heterocycles. The Balaban J connectivity index is 2.56. The van der Waals surface area contributed by atoms with Gasteiger partial charge in [-0.05, 0) is 12.1 Å². The van der Waals surface area contributed by atoms with Gasteiger partial charge in [-0.1, -0.05) is 0 Å². The lowest BCUT2D eigenvalue weighted by Crippen LogP contribution is -1.60. The SMILES string of the molecule is N#C/C=C/c1occ2occc12. The monoisotopic (exact) mass is 159 g/mol. The average molecular weight is 159 g/mol. The van der Waals surface area contributed by atoms with Crippen LogP contribution in [0.5, 0.6) is 0 Å². The highest BCUT2D eigenvalue weighted by atomic mass is 16.4. The van der Waals surface area contributed by atoms with Crippen molar-refractivity contribution in [2.24, 2.45) is 0 Å². The molecule has 0 fully saturated rings. The van der Waals surface area contributed by atoms with Crippen LogP contribution in [-0.4, -0.2) is 0 Å². The number of furan rings is 2. The standard InChI is InChI=1S/C9H5NO2/c10-4-1-2-8-7-3-5-11-9(7)6-12-8/h1-3,5-6H/b2-1+. The van der Waals surface area contributed by atoms with Crippen molar-refractivity contribution in [1.29, 1.82) is 5.26 Å². The van der Waals surface area contributed by atoms with E-state index in [1.165, 1.54) is 12.3 Å². The van der Waals surface area contributed by atoms with E-state index in [2.05, 4.69) is 0 Å². The molecule has 3 heteroatoms. The summed E-state index contributed by atoms with van der Waals surface area (Å²) in [7, 11) is 0. The summed E-state index contributed by atoms with van der Waals surface area (Å²) in [6.45, 7) is 0. The fourth-order valence-corrected chi connectivity index (χ4v) is 1.04. The molecule has 3 nitrogen and oxygen atoms in total. The van der Waals surface area contributed by atoms with Crippen LogP contribution < -0.4 is 0 Å². The van der Waals surface area contributed by atoms with Gasteiger partial charge in [-0.2, -0.15) is 5.26 Å². The second-order valence-electron chi connectivity index (χ2n) is 2.26. The van der Waals surface area contributed by atoms with Crippen LogP contribution in [0.25, 0.3) is 17.0 Å². The molecule has 58 valence electrons. The molecule has 0 bridgehead atoms. The highest BCUT2D eigenvalue weighted by Crippen LogP contribution is 2.22. The van der Waals surface area contributed by atoms with Crippen LogP contribution in [-0.2, 0) is 0 Å². The molecule has 2 heterocycles. The van der Waals surface area contributed by atoms with E-state index in [4.69, 9.17) is 14.1 Å². The summed E-state index contributed by atoms with van der Waals surface area (Å²) in [6, 6.07) is 3.69. The first-order chi connectivity index (χ1) is 5.92. The van der Waals surface area contributed by atoms with Crippen LogP contribution in [0.2, 0.25) is 0 Å². The number of fused-ring (bicyclic) bond motifs is 1. The quantitative estimate of drug-likeness (QED) is 0.601. The summed E-state index contributed by atoms with van der Waals surface area (Å²) in [4.78, 5) is 0. The van der Waals surface area contributed by atoms with Crippen LogP contribution in [0.3, 0.4) is 0 Å². The van der Waals surface area contributed by atoms with Crippen LogP contribution in [0.1, 0.15) is 5.76 Å². The summed E-state index contributed by atoms with van der Waals surface area (Å²) < 4.78 is 10.2. The van der Waals surface area contributed by atoms with E-state index in [9.17, 15) is 0 Å². The van der Waals surface area contributed by atoms with Gasteiger partial charge in [0, 0.05) is 6.08 Å². The lowest BCUT2D eigenvalue weighted by atomic mass is 10.3. The molecule has 2 rings (SSSR count). The minimum atomic E-state index is 0.653. The van der Waals surface area contributed by atoms with Gasteiger partial charge in [0.2, 0.25) is 0 Å². The predicted octanol–water partition coefficient (Wildman–Crippen LogP) is 2.56. The Bertz CT molecular complexity index is 456. The Morgan fingerprint density at radius 2 is 2.33 bits per heavy atom. The van der Waals surface area contributed by atoms with Crippen LogP contribution >= 0.6 is 0 Å². The molecule has 0 aromatic carbocycles. The fraction of sp³-hybridized carbons (Fsp3) is 0. The van der Waals surface area contributed by atoms with Crippen molar-refractivity contribution >= 4 is 17.0 Å². The average Bonchev–Trinajstić information content (AvgIpc) is 2.62. The largest absolute Gasteiger partial charge is 0.461 e. The molecule has 0 amide bonds. The zero-order chi connectivity index (χ0) is 8.39. The maximum Gasteiger partial charge on any atom is 0.172 e. The number of nitrogens with zero attached hydrogens (tertiary/aromatic N) is 1. The minimum Gasteiger partial charge on any atom is -0.461 e. The van der Waals surface area contributed by atoms with Crippen molar-refractivity contribution in [1.82, 2.24) is 0 Å². The number of allylic oxidation sites excluding steroid dienone is 1. The molecule has 0 aliphatic rings. The topological polar surface area (TPSA) is 50.1 Å². The first-order valence-corrected chi connectivity index (χ1v) is 3.42. The summed E-state index contributed by atoms with van der Waals surface area (Å²) >= 11 is 0. The third-order valence-electron chi connectivity index (χ3n) is 1.56. The Morgan fingerprint density at radius 1 is 1.42 bits per heavy atom. The lowest BCUT2D eigenvalue weighted by molar-refractivity contribution is 0.542. The molecule has 0 atom stereocenters. The maximum atomic E-state index is 8.29. The Labute approximate surface area is 68.5 Å². The Hall–Kier alpha value is -1.95. The zero-order valence-corrected chi connectivity index (χ0v) is 6.15. The second kappa shape index (κ2) is 2.59. The molecule has 0 radical (unpaired) electrons. The molecular weight excluding hydrogens is 154 g/mol. The third kappa shape index (κ3) is 0.903. The zero-order valence-electron chi connectivity index (χ0n) is 6.15. The summed E-state index contributed by atoms with van der Waals surface area (Å²) in [6.07, 6.45) is 6.08. The molecule has 0 N–H and O–H groups in total. The van der Waals surface area contributed by atoms with Crippen LogP contribution in [0.4, 0.5) is 0 Å². The smallest absolute Gasteiger partial charge is 0.172 e. The van der Waals surface area contributed by atoms with Gasteiger partial charge in [-0.3, -0.25) is 0 Å². The molecule has 2 aromatic rings. The number of hydrogen-bond donors (Lipinski definition) is 0. The highest BCUT2D eigenvalue weighted by molar-refractivity contribution is 5.84. The first kappa shape index (κ1) is 6.74. The van der Waals surface area contributed by atoms with E-state index >= 15 is 0 Å². The van der Waals surface area contributed by atoms with E-state index in [0.717, 1.165) is 5.39 Å². The summed E-state index contributed by atoms with van der Waals surface area (Å²) in [5, 5.41) is 9.18. The van der Waals surface area contributed by atoms with Crippen molar-refractivity contribution in [3.8, 4) is 6.07 Å². The maximum absolute atomic E-state index is 8.29. The number of rotatable bonds is 1. The second-order valence-corrected chi connectivity index (χ2v) is 2.26. The lowest BCUT2D eigenvalue weighted by Gasteiger charge is -1.79. The van der Waals surface area contributed by atoms with Gasteiger partial charge in [0.25, 0.3) is 0 Å². The molecule has 2 aromatic heterocycles. The molecule has 0 spiro atoms. The molecular formula is C9H5NO2. The van der Waals surface area contributed by atoms with Gasteiger partial charge in [0.05, 0.1) is 17.7 Å². The van der Waals surface area contributed by atoms with Crippen molar-refractivity contribution < 1.29 is 8.83 Å². The molecule has 0 aliphatic carbocycles. The van der Waals surface area contributed by atoms with E-state index in [-0.39, 0.29) is 0 Å². The molecule has 12 heavy (non-hydrogen) atoms. The predicted molar refractivity (Wildman–Crippen MR) is 43.1 cm³/mol. The van der Waals surface area contributed by atoms with Gasteiger partial charge in [0.15, 0.2) is 5.58 Å². The van der Waals surface area contributed by atoms with Gasteiger partial charge >= 0.3 is 0 Å². The van der Waals surface area contributed by atoms with Crippen molar-refractivity contribution in [2.45, 2.75) is 0 Å². The third-order valence-corrected chi connectivity index (χ3v) is 1.56. The first-order valence-electron chi connectivity index (χ1n) is 3.42.